The molecule has 0 saturated heterocycles. The molecule has 0 aliphatic heterocycles. The lowest BCUT2D eigenvalue weighted by Crippen LogP contribution is -2.14. The largest absolute Gasteiger partial charge is 0.309 e. The number of benzene rings is 17. The van der Waals surface area contributed by atoms with E-state index in [1.807, 2.05) is 0 Å². The third kappa shape index (κ3) is 10.2. The van der Waals surface area contributed by atoms with E-state index in [0.29, 0.717) is 0 Å². The van der Waals surface area contributed by atoms with E-state index in [0.717, 1.165) is 17.1 Å². The Morgan fingerprint density at radius 3 is 0.771 bits per heavy atom. The first-order valence-corrected chi connectivity index (χ1v) is 37.8. The van der Waals surface area contributed by atoms with Crippen LogP contribution in [0.25, 0.3) is 188 Å². The summed E-state index contributed by atoms with van der Waals surface area (Å²) in [5.74, 6) is 0. The van der Waals surface area contributed by atoms with Gasteiger partial charge in [-0.1, -0.05) is 317 Å². The predicted octanol–water partition coefficient (Wildman–Crippen LogP) is 28.1. The molecule has 0 atom stereocenters. The first-order valence-electron chi connectivity index (χ1n) is 37.8. The second-order valence-electron chi connectivity index (χ2n) is 29.4. The van der Waals surface area contributed by atoms with E-state index in [-0.39, 0.29) is 5.41 Å². The Morgan fingerprint density at radius 1 is 0.165 bits per heavy atom. The van der Waals surface area contributed by atoms with Crippen LogP contribution in [0.15, 0.2) is 400 Å². The van der Waals surface area contributed by atoms with E-state index < -0.39 is 0 Å². The summed E-state index contributed by atoms with van der Waals surface area (Å²) >= 11 is 0. The van der Waals surface area contributed by atoms with Gasteiger partial charge >= 0.3 is 0 Å². The van der Waals surface area contributed by atoms with Crippen molar-refractivity contribution in [1.82, 2.24) is 18.3 Å². The number of aromatic nitrogens is 4. The molecule has 512 valence electrons. The lowest BCUT2D eigenvalue weighted by Gasteiger charge is -2.21. The van der Waals surface area contributed by atoms with Crippen LogP contribution in [0.3, 0.4) is 0 Å². The van der Waals surface area contributed by atoms with E-state index >= 15 is 0 Å². The van der Waals surface area contributed by atoms with Crippen molar-refractivity contribution in [2.75, 3.05) is 0 Å². The Morgan fingerprint density at radius 2 is 0.413 bits per heavy atom. The minimum Gasteiger partial charge on any atom is -0.309 e. The monoisotopic (exact) mass is 1390 g/mol. The fraction of sp³-hybridized carbons (Fsp3) is 0.0286. The summed E-state index contributed by atoms with van der Waals surface area (Å²) in [6.45, 7) is 4.70. The smallest absolute Gasteiger partial charge is 0.0547 e. The summed E-state index contributed by atoms with van der Waals surface area (Å²) < 4.78 is 9.77. The number of rotatable bonds is 10. The number of fused-ring (bicyclic) bond motifs is 15. The topological polar surface area (TPSA) is 19.7 Å². The summed E-state index contributed by atoms with van der Waals surface area (Å²) in [5, 5.41) is 10.1. The molecule has 0 fully saturated rings. The number of hydrogen-bond donors (Lipinski definition) is 0. The second-order valence-corrected chi connectivity index (χ2v) is 29.4. The van der Waals surface area contributed by atoms with Gasteiger partial charge in [0.15, 0.2) is 0 Å². The average Bonchev–Trinajstić information content (AvgIpc) is 1.58. The van der Waals surface area contributed by atoms with Gasteiger partial charge in [-0.05, 0) is 186 Å². The zero-order chi connectivity index (χ0) is 72.3. The molecule has 0 radical (unpaired) electrons. The number of hydrogen-bond acceptors (Lipinski definition) is 0. The van der Waals surface area contributed by atoms with Crippen LogP contribution in [0.2, 0.25) is 0 Å². The Bertz CT molecular complexity index is 6960. The average molecular weight is 1390 g/mol. The molecule has 109 heavy (non-hydrogen) atoms. The van der Waals surface area contributed by atoms with E-state index in [1.165, 1.54) is 182 Å². The molecule has 22 rings (SSSR count). The molecular formula is C105H72N4. The lowest BCUT2D eigenvalue weighted by molar-refractivity contribution is 0.660. The van der Waals surface area contributed by atoms with Crippen molar-refractivity contribution in [1.29, 1.82) is 0 Å². The Kier molecular flexibility index (Phi) is 14.9. The number of para-hydroxylation sites is 4. The normalized spacial score (nSPS) is 12.4. The van der Waals surface area contributed by atoms with Crippen LogP contribution in [0.4, 0.5) is 0 Å². The maximum Gasteiger partial charge on any atom is 0.0547 e. The molecule has 0 amide bonds. The van der Waals surface area contributed by atoms with Crippen LogP contribution in [0, 0.1) is 0 Å². The highest BCUT2D eigenvalue weighted by Gasteiger charge is 2.36. The maximum atomic E-state index is 2.47. The van der Waals surface area contributed by atoms with E-state index in [4.69, 9.17) is 0 Å². The van der Waals surface area contributed by atoms with Gasteiger partial charge in [-0.25, -0.2) is 0 Å². The van der Waals surface area contributed by atoms with Gasteiger partial charge in [0.25, 0.3) is 0 Å². The molecule has 4 heteroatoms. The lowest BCUT2D eigenvalue weighted by atomic mass is 9.82. The van der Waals surface area contributed by atoms with Crippen molar-refractivity contribution in [2.45, 2.75) is 19.3 Å². The Balaban J connectivity index is 0.000000139. The first kappa shape index (κ1) is 63.4. The van der Waals surface area contributed by atoms with Crippen LogP contribution in [-0.2, 0) is 5.41 Å². The van der Waals surface area contributed by atoms with Crippen LogP contribution in [0.1, 0.15) is 25.0 Å². The van der Waals surface area contributed by atoms with Crippen LogP contribution in [-0.4, -0.2) is 18.3 Å². The molecule has 4 nitrogen and oxygen atoms in total. The molecule has 0 N–H and O–H groups in total. The highest BCUT2D eigenvalue weighted by molar-refractivity contribution is 6.23. The summed E-state index contributed by atoms with van der Waals surface area (Å²) in [4.78, 5) is 0. The standard InChI is InChI=1S/C54H36N2.C51H36N2/c1-3-17-37(18-4-1)39-21-13-23-41(35-39)55-49-31-11-9-27-47(49)53-45(29-15-33-51(53)55)43-25-7-8-26-44(43)46-30-16-34-52-54(46)48-28-10-12-32-50(48)56(52)42-24-14-22-40(36-42)38-19-5-2-6-20-38;1-51(2)43-24-9-6-19-37(43)42-32-36(29-30-44(42)51)53-46-26-11-8-21-41(46)50-39(23-14-28-48(50)53)38-22-13-27-47-49(38)40-20-7-10-25-45(40)52(47)35-18-12-17-34(31-35)33-15-4-3-5-16-33/h1-36H;3-32H,1-2H3. The number of nitrogens with zero attached hydrogens (tertiary/aromatic N) is 4. The fourth-order valence-electron chi connectivity index (χ4n) is 18.3. The fourth-order valence-corrected chi connectivity index (χ4v) is 18.3. The minimum atomic E-state index is -0.0286. The van der Waals surface area contributed by atoms with E-state index in [9.17, 15) is 0 Å². The zero-order valence-corrected chi connectivity index (χ0v) is 60.4. The molecule has 0 saturated carbocycles. The van der Waals surface area contributed by atoms with Crippen molar-refractivity contribution >= 4 is 87.2 Å². The quantitative estimate of drug-likeness (QED) is 0.130. The molecule has 17 aromatic carbocycles. The second kappa shape index (κ2) is 25.6. The van der Waals surface area contributed by atoms with Crippen molar-refractivity contribution in [3.63, 3.8) is 0 Å². The van der Waals surface area contributed by atoms with E-state index in [2.05, 4.69) is 432 Å². The predicted molar refractivity (Wildman–Crippen MR) is 460 cm³/mol. The molecule has 21 aromatic rings. The highest BCUT2D eigenvalue weighted by atomic mass is 15.0. The van der Waals surface area contributed by atoms with Crippen molar-refractivity contribution in [3.05, 3.63) is 412 Å². The summed E-state index contributed by atoms with van der Waals surface area (Å²) in [7, 11) is 0. The van der Waals surface area contributed by atoms with Gasteiger partial charge in [0.2, 0.25) is 0 Å². The van der Waals surface area contributed by atoms with Crippen molar-refractivity contribution in [2.24, 2.45) is 0 Å². The molecule has 0 spiro atoms. The van der Waals surface area contributed by atoms with Crippen LogP contribution >= 0.6 is 0 Å². The molecular weight excluding hydrogens is 1320 g/mol. The van der Waals surface area contributed by atoms with Gasteiger partial charge in [0.05, 0.1) is 44.1 Å². The molecule has 0 bridgehead atoms. The SMILES string of the molecule is CC1(C)c2ccccc2-c2cc(-n3c4ccccc4c4c(-c5cccc6c5c5ccccc5n6-c5cccc(-c6ccccc6)c5)cccc43)ccc21.c1ccc(-c2cccc(-n3c4ccccc4c4c(-c5ccccc5-c5cccc6c5c5ccccc5n6-c5cccc(-c6ccccc6)c5)cccc43)c2)cc1. The zero-order valence-electron chi connectivity index (χ0n) is 60.4. The summed E-state index contributed by atoms with van der Waals surface area (Å²) in [6, 6.07) is 146. The minimum absolute atomic E-state index is 0.0286. The summed E-state index contributed by atoms with van der Waals surface area (Å²) in [5.41, 5.74) is 34.3. The molecule has 4 aromatic heterocycles. The maximum absolute atomic E-state index is 2.47. The highest BCUT2D eigenvalue weighted by Crippen LogP contribution is 2.52. The third-order valence-corrected chi connectivity index (χ3v) is 23.0. The van der Waals surface area contributed by atoms with Crippen molar-refractivity contribution in [3.8, 4) is 101 Å². The third-order valence-electron chi connectivity index (χ3n) is 23.0. The molecule has 4 heterocycles. The van der Waals surface area contributed by atoms with Gasteiger partial charge in [-0.3, -0.25) is 0 Å². The Labute approximate surface area is 632 Å². The molecule has 0 unspecified atom stereocenters. The van der Waals surface area contributed by atoms with Gasteiger partial charge < -0.3 is 18.3 Å². The first-order chi connectivity index (χ1) is 53.9. The summed E-state index contributed by atoms with van der Waals surface area (Å²) in [6.07, 6.45) is 0. The van der Waals surface area contributed by atoms with Crippen molar-refractivity contribution < 1.29 is 0 Å². The molecule has 1 aliphatic rings. The van der Waals surface area contributed by atoms with Gasteiger partial charge in [-0.2, -0.15) is 0 Å². The molecule has 1 aliphatic carbocycles. The van der Waals surface area contributed by atoms with Crippen LogP contribution < -0.4 is 0 Å². The van der Waals surface area contributed by atoms with Gasteiger partial charge in [0, 0.05) is 71.3 Å². The van der Waals surface area contributed by atoms with E-state index in [1.54, 1.807) is 0 Å². The van der Waals surface area contributed by atoms with Gasteiger partial charge in [0.1, 0.15) is 0 Å². The van der Waals surface area contributed by atoms with Crippen LogP contribution in [0.5, 0.6) is 0 Å². The van der Waals surface area contributed by atoms with Gasteiger partial charge in [-0.15, -0.1) is 0 Å². The Hall–Kier alpha value is -14.1.